The van der Waals surface area contributed by atoms with E-state index < -0.39 is 34.0 Å². The molecule has 0 spiro atoms. The molecule has 2 aromatic carbocycles. The number of esters is 1. The van der Waals surface area contributed by atoms with Gasteiger partial charge in [-0.2, -0.15) is 0 Å². The van der Waals surface area contributed by atoms with E-state index >= 15 is 0 Å². The summed E-state index contributed by atoms with van der Waals surface area (Å²) in [6, 6.07) is 11.1. The van der Waals surface area contributed by atoms with Crippen molar-refractivity contribution in [3.63, 3.8) is 0 Å². The number of carbonyl (C=O) groups excluding carboxylic acids is 3. The minimum atomic E-state index is -3.81. The molecule has 0 bridgehead atoms. The molecule has 11 heteroatoms. The topological polar surface area (TPSA) is 131 Å². The number of sulfonamides is 1. The summed E-state index contributed by atoms with van der Waals surface area (Å²) >= 11 is 5.94. The lowest BCUT2D eigenvalue weighted by molar-refractivity contribution is -0.127. The molecule has 0 aliphatic rings. The molecule has 0 saturated heterocycles. The first kappa shape index (κ1) is 22.3. The highest BCUT2D eigenvalue weighted by Crippen LogP contribution is 2.21. The first-order valence-electron chi connectivity index (χ1n) is 8.25. The smallest absolute Gasteiger partial charge is 0.340 e. The molecule has 154 valence electrons. The van der Waals surface area contributed by atoms with Gasteiger partial charge in [0.05, 0.1) is 15.5 Å². The fourth-order valence-corrected chi connectivity index (χ4v) is 3.07. The van der Waals surface area contributed by atoms with Gasteiger partial charge in [-0.15, -0.1) is 0 Å². The fourth-order valence-electron chi connectivity index (χ4n) is 2.12. The van der Waals surface area contributed by atoms with E-state index in [1.165, 1.54) is 26.1 Å². The molecule has 0 aliphatic heterocycles. The number of imide groups is 1. The number of halogens is 1. The number of para-hydroxylation sites is 1. The third-order valence-electron chi connectivity index (χ3n) is 3.66. The first-order chi connectivity index (χ1) is 13.6. The Morgan fingerprint density at radius 3 is 2.34 bits per heavy atom. The van der Waals surface area contributed by atoms with E-state index in [4.69, 9.17) is 16.3 Å². The number of benzene rings is 2. The van der Waals surface area contributed by atoms with Crippen LogP contribution in [0.5, 0.6) is 0 Å². The molecule has 3 amide bonds. The van der Waals surface area contributed by atoms with Gasteiger partial charge >= 0.3 is 12.0 Å². The van der Waals surface area contributed by atoms with Gasteiger partial charge in [0.15, 0.2) is 6.10 Å². The van der Waals surface area contributed by atoms with Crippen molar-refractivity contribution in [2.75, 3.05) is 12.4 Å². The minimum Gasteiger partial charge on any atom is -0.449 e. The summed E-state index contributed by atoms with van der Waals surface area (Å²) < 4.78 is 30.9. The van der Waals surface area contributed by atoms with Crippen LogP contribution in [-0.2, 0) is 19.6 Å². The summed E-state index contributed by atoms with van der Waals surface area (Å²) in [7, 11) is -2.59. The summed E-state index contributed by atoms with van der Waals surface area (Å²) in [6.07, 6.45) is -1.34. The van der Waals surface area contributed by atoms with Gasteiger partial charge in [0.2, 0.25) is 10.0 Å². The van der Waals surface area contributed by atoms with Gasteiger partial charge in [-0.1, -0.05) is 29.8 Å². The Labute approximate surface area is 172 Å². The van der Waals surface area contributed by atoms with Gasteiger partial charge in [-0.3, -0.25) is 10.1 Å². The van der Waals surface area contributed by atoms with Crippen molar-refractivity contribution in [3.05, 3.63) is 59.1 Å². The average Bonchev–Trinajstić information content (AvgIpc) is 2.68. The Bertz CT molecular complexity index is 1030. The van der Waals surface area contributed by atoms with Crippen LogP contribution in [0.2, 0.25) is 5.02 Å². The summed E-state index contributed by atoms with van der Waals surface area (Å²) in [6.45, 7) is 1.26. The van der Waals surface area contributed by atoms with Crippen molar-refractivity contribution in [1.82, 2.24) is 10.0 Å². The third-order valence-corrected chi connectivity index (χ3v) is 5.40. The van der Waals surface area contributed by atoms with Crippen LogP contribution < -0.4 is 15.4 Å². The Morgan fingerprint density at radius 2 is 1.72 bits per heavy atom. The summed E-state index contributed by atoms with van der Waals surface area (Å²) in [5.41, 5.74) is 0.230. The van der Waals surface area contributed by atoms with Crippen LogP contribution in [0.4, 0.5) is 10.5 Å². The maximum Gasteiger partial charge on any atom is 0.340 e. The van der Waals surface area contributed by atoms with Crippen molar-refractivity contribution in [2.24, 2.45) is 0 Å². The Balaban J connectivity index is 2.03. The molecule has 0 aromatic heterocycles. The third kappa shape index (κ3) is 6.01. The first-order valence-corrected chi connectivity index (χ1v) is 10.1. The van der Waals surface area contributed by atoms with Crippen LogP contribution in [0.1, 0.15) is 17.3 Å². The van der Waals surface area contributed by atoms with Crippen molar-refractivity contribution < 1.29 is 27.5 Å². The van der Waals surface area contributed by atoms with Gasteiger partial charge in [0.25, 0.3) is 5.91 Å². The van der Waals surface area contributed by atoms with Crippen LogP contribution >= 0.6 is 11.6 Å². The molecule has 0 unspecified atom stereocenters. The Kier molecular flexibility index (Phi) is 7.32. The highest BCUT2D eigenvalue weighted by atomic mass is 35.5. The van der Waals surface area contributed by atoms with Gasteiger partial charge < -0.3 is 10.1 Å². The standard InChI is InChI=1S/C18H18ClN3O6S/c1-11(16(23)22-18(25)21-12-6-4-3-5-7-12)28-17(24)14-10-13(8-9-15(14)19)29(26,27)20-2/h3-11,20H,1-2H3,(H2,21,22,23,25)/t11-/m1/s1. The van der Waals surface area contributed by atoms with E-state index in [1.54, 1.807) is 30.3 Å². The number of carbonyl (C=O) groups is 3. The summed E-state index contributed by atoms with van der Waals surface area (Å²) in [4.78, 5) is 36.1. The van der Waals surface area contributed by atoms with Crippen molar-refractivity contribution >= 4 is 45.2 Å². The molecule has 0 saturated carbocycles. The zero-order valence-electron chi connectivity index (χ0n) is 15.4. The Morgan fingerprint density at radius 1 is 1.07 bits per heavy atom. The number of rotatable bonds is 6. The molecule has 0 heterocycles. The lowest BCUT2D eigenvalue weighted by Gasteiger charge is -2.14. The fraction of sp³-hybridized carbons (Fsp3) is 0.167. The normalized spacial score (nSPS) is 12.0. The molecule has 2 rings (SSSR count). The Hall–Kier alpha value is -2.95. The molecule has 9 nitrogen and oxygen atoms in total. The van der Waals surface area contributed by atoms with E-state index in [0.717, 1.165) is 6.07 Å². The second-order valence-electron chi connectivity index (χ2n) is 5.71. The minimum absolute atomic E-state index is 0.0560. The SMILES string of the molecule is CNS(=O)(=O)c1ccc(Cl)c(C(=O)O[C@H](C)C(=O)NC(=O)Nc2ccccc2)c1. The zero-order valence-corrected chi connectivity index (χ0v) is 17.0. The molecule has 29 heavy (non-hydrogen) atoms. The number of hydrogen-bond donors (Lipinski definition) is 3. The van der Waals surface area contributed by atoms with E-state index in [9.17, 15) is 22.8 Å². The van der Waals surface area contributed by atoms with Crippen LogP contribution in [0.3, 0.4) is 0 Å². The summed E-state index contributed by atoms with van der Waals surface area (Å²) in [5, 5.41) is 4.43. The van der Waals surface area contributed by atoms with Crippen LogP contribution in [0.25, 0.3) is 0 Å². The van der Waals surface area contributed by atoms with Gasteiger partial charge in [0, 0.05) is 5.69 Å². The van der Waals surface area contributed by atoms with E-state index in [-0.39, 0.29) is 15.5 Å². The predicted octanol–water partition coefficient (Wildman–Crippen LogP) is 2.14. The number of amides is 3. The lowest BCUT2D eigenvalue weighted by atomic mass is 10.2. The molecule has 0 fully saturated rings. The lowest BCUT2D eigenvalue weighted by Crippen LogP contribution is -2.41. The van der Waals surface area contributed by atoms with Crippen LogP contribution in [-0.4, -0.2) is 39.5 Å². The summed E-state index contributed by atoms with van der Waals surface area (Å²) in [5.74, 6) is -1.89. The number of ether oxygens (including phenoxy) is 1. The van der Waals surface area contributed by atoms with Gasteiger partial charge in [-0.05, 0) is 44.3 Å². The largest absolute Gasteiger partial charge is 0.449 e. The van der Waals surface area contributed by atoms with E-state index in [1.807, 2.05) is 5.32 Å². The zero-order chi connectivity index (χ0) is 21.6. The second kappa shape index (κ2) is 9.50. The van der Waals surface area contributed by atoms with Crippen LogP contribution in [0, 0.1) is 0 Å². The number of hydrogen-bond acceptors (Lipinski definition) is 6. The number of anilines is 1. The van der Waals surface area contributed by atoms with Crippen LogP contribution in [0.15, 0.2) is 53.4 Å². The maximum atomic E-state index is 12.3. The van der Waals surface area contributed by atoms with Crippen molar-refractivity contribution in [3.8, 4) is 0 Å². The highest BCUT2D eigenvalue weighted by molar-refractivity contribution is 7.89. The van der Waals surface area contributed by atoms with Gasteiger partial charge in [0.1, 0.15) is 0 Å². The van der Waals surface area contributed by atoms with Crippen molar-refractivity contribution in [2.45, 2.75) is 17.9 Å². The average molecular weight is 440 g/mol. The molecular formula is C18H18ClN3O6S. The predicted molar refractivity (Wildman–Crippen MR) is 106 cm³/mol. The maximum absolute atomic E-state index is 12.3. The molecular weight excluding hydrogens is 422 g/mol. The highest BCUT2D eigenvalue weighted by Gasteiger charge is 2.24. The number of nitrogens with one attached hydrogen (secondary N) is 3. The molecule has 0 aliphatic carbocycles. The molecule has 3 N–H and O–H groups in total. The van der Waals surface area contributed by atoms with Crippen molar-refractivity contribution in [1.29, 1.82) is 0 Å². The quantitative estimate of drug-likeness (QED) is 0.591. The molecule has 1 atom stereocenters. The van der Waals surface area contributed by atoms with E-state index in [0.29, 0.717) is 5.69 Å². The van der Waals surface area contributed by atoms with E-state index in [2.05, 4.69) is 10.0 Å². The number of urea groups is 1. The second-order valence-corrected chi connectivity index (χ2v) is 8.00. The monoisotopic (exact) mass is 439 g/mol. The molecule has 2 aromatic rings. The van der Waals surface area contributed by atoms with Gasteiger partial charge in [-0.25, -0.2) is 22.7 Å². The molecule has 0 radical (unpaired) electrons.